The Balaban J connectivity index is 1.73. The third-order valence-electron chi connectivity index (χ3n) is 3.64. The third kappa shape index (κ3) is 7.56. The van der Waals surface area contributed by atoms with Crippen molar-refractivity contribution in [2.45, 2.75) is 13.3 Å². The molecule has 2 amide bonds. The van der Waals surface area contributed by atoms with E-state index in [4.69, 9.17) is 4.74 Å². The van der Waals surface area contributed by atoms with Crippen LogP contribution >= 0.6 is 0 Å². The number of amides is 2. The van der Waals surface area contributed by atoms with Crippen LogP contribution in [0.1, 0.15) is 18.1 Å². The summed E-state index contributed by atoms with van der Waals surface area (Å²) < 4.78 is 5.07. The number of carbonyl (C=O) groups is 2. The van der Waals surface area contributed by atoms with Gasteiger partial charge in [-0.15, -0.1) is 0 Å². The van der Waals surface area contributed by atoms with Crippen molar-refractivity contribution in [2.24, 2.45) is 5.10 Å². The summed E-state index contributed by atoms with van der Waals surface area (Å²) in [5.41, 5.74) is 5.19. The van der Waals surface area contributed by atoms with E-state index in [1.165, 1.54) is 6.08 Å². The zero-order chi connectivity index (χ0) is 19.5. The minimum atomic E-state index is -0.381. The van der Waals surface area contributed by atoms with Gasteiger partial charge in [0.15, 0.2) is 0 Å². The number of rotatable bonds is 8. The molecule has 0 aromatic heterocycles. The molecule has 6 nitrogen and oxygen atoms in total. The number of nitrogens with zero attached hydrogens (tertiary/aromatic N) is 1. The van der Waals surface area contributed by atoms with Crippen LogP contribution < -0.4 is 15.5 Å². The molecular formula is C21H23N3O3. The van der Waals surface area contributed by atoms with Crippen LogP contribution in [0.5, 0.6) is 5.75 Å². The second kappa shape index (κ2) is 10.6. The summed E-state index contributed by atoms with van der Waals surface area (Å²) in [6.45, 7) is 1.69. The van der Waals surface area contributed by atoms with Crippen molar-refractivity contribution in [1.29, 1.82) is 0 Å². The molecule has 2 aromatic rings. The van der Waals surface area contributed by atoms with Crippen molar-refractivity contribution >= 4 is 23.6 Å². The molecule has 0 atom stereocenters. The van der Waals surface area contributed by atoms with Crippen LogP contribution in [0.3, 0.4) is 0 Å². The molecule has 0 bridgehead atoms. The minimum absolute atomic E-state index is 0.145. The summed E-state index contributed by atoms with van der Waals surface area (Å²) >= 11 is 0. The summed E-state index contributed by atoms with van der Waals surface area (Å²) in [4.78, 5) is 23.6. The number of methoxy groups -OCH3 is 1. The van der Waals surface area contributed by atoms with Gasteiger partial charge in [-0.25, -0.2) is 5.43 Å². The van der Waals surface area contributed by atoms with Gasteiger partial charge >= 0.3 is 0 Å². The number of hydrazone groups is 1. The van der Waals surface area contributed by atoms with Gasteiger partial charge in [0.05, 0.1) is 13.7 Å². The summed E-state index contributed by atoms with van der Waals surface area (Å²) in [7, 11) is 1.59. The number of hydrogen-bond donors (Lipinski definition) is 2. The Bertz CT molecular complexity index is 812. The highest BCUT2D eigenvalue weighted by atomic mass is 16.5. The topological polar surface area (TPSA) is 79.8 Å². The Morgan fingerprint density at radius 3 is 2.44 bits per heavy atom. The molecule has 0 heterocycles. The van der Waals surface area contributed by atoms with Crippen LogP contribution in [0, 0.1) is 0 Å². The molecule has 0 saturated carbocycles. The van der Waals surface area contributed by atoms with Gasteiger partial charge in [-0.2, -0.15) is 5.10 Å². The van der Waals surface area contributed by atoms with Gasteiger partial charge < -0.3 is 10.1 Å². The van der Waals surface area contributed by atoms with E-state index in [1.807, 2.05) is 49.4 Å². The zero-order valence-electron chi connectivity index (χ0n) is 15.4. The maximum absolute atomic E-state index is 11.8. The lowest BCUT2D eigenvalue weighted by molar-refractivity contribution is -0.123. The van der Waals surface area contributed by atoms with E-state index in [0.29, 0.717) is 6.42 Å². The lowest BCUT2D eigenvalue weighted by Gasteiger charge is -2.04. The Morgan fingerprint density at radius 1 is 1.07 bits per heavy atom. The molecule has 0 saturated heterocycles. The quantitative estimate of drug-likeness (QED) is 0.429. The number of nitrogens with one attached hydrogen (secondary N) is 2. The molecule has 0 unspecified atom stereocenters. The number of hydrogen-bond acceptors (Lipinski definition) is 4. The van der Waals surface area contributed by atoms with Crippen molar-refractivity contribution in [3.63, 3.8) is 0 Å². The fourth-order valence-corrected chi connectivity index (χ4v) is 2.24. The second-order valence-corrected chi connectivity index (χ2v) is 5.87. The molecule has 0 aliphatic heterocycles. The van der Waals surface area contributed by atoms with Crippen LogP contribution in [0.4, 0.5) is 0 Å². The van der Waals surface area contributed by atoms with Crippen molar-refractivity contribution in [3.8, 4) is 5.75 Å². The molecule has 0 fully saturated rings. The number of carbonyl (C=O) groups excluding carboxylic acids is 2. The second-order valence-electron chi connectivity index (χ2n) is 5.87. The Labute approximate surface area is 158 Å². The fourth-order valence-electron chi connectivity index (χ4n) is 2.24. The minimum Gasteiger partial charge on any atom is -0.497 e. The standard InChI is InChI=1S/C21H23N3O3/c1-16(14-18-6-4-3-5-7-18)23-24-21(26)15-22-20(25)13-10-17-8-11-19(27-2)12-9-17/h3-13H,14-15H2,1-2H3,(H,22,25)(H,24,26)/b13-10+,23-16-. The smallest absolute Gasteiger partial charge is 0.259 e. The average molecular weight is 365 g/mol. The van der Waals surface area contributed by atoms with Gasteiger partial charge in [-0.05, 0) is 36.3 Å². The maximum atomic E-state index is 11.8. The molecule has 2 aromatic carbocycles. The first-order chi connectivity index (χ1) is 13.1. The van der Waals surface area contributed by atoms with E-state index < -0.39 is 0 Å². The maximum Gasteiger partial charge on any atom is 0.259 e. The van der Waals surface area contributed by atoms with Gasteiger partial charge in [0, 0.05) is 18.2 Å². The predicted octanol–water partition coefficient (Wildman–Crippen LogP) is 2.56. The number of ether oxygens (including phenoxy) is 1. The molecule has 0 radical (unpaired) electrons. The molecule has 2 rings (SSSR count). The summed E-state index contributed by atoms with van der Waals surface area (Å²) in [6.07, 6.45) is 3.69. The Morgan fingerprint density at radius 2 is 1.78 bits per heavy atom. The monoisotopic (exact) mass is 365 g/mol. The average Bonchev–Trinajstić information content (AvgIpc) is 2.70. The Kier molecular flexibility index (Phi) is 7.78. The first-order valence-corrected chi connectivity index (χ1v) is 8.52. The summed E-state index contributed by atoms with van der Waals surface area (Å²) in [6, 6.07) is 17.1. The van der Waals surface area contributed by atoms with E-state index >= 15 is 0 Å². The van der Waals surface area contributed by atoms with E-state index in [0.717, 1.165) is 22.6 Å². The molecule has 6 heteroatoms. The van der Waals surface area contributed by atoms with Crippen molar-refractivity contribution < 1.29 is 14.3 Å². The first-order valence-electron chi connectivity index (χ1n) is 8.52. The van der Waals surface area contributed by atoms with E-state index in [2.05, 4.69) is 15.8 Å². The molecule has 0 spiro atoms. The van der Waals surface area contributed by atoms with Crippen LogP contribution in [-0.2, 0) is 16.0 Å². The number of benzene rings is 2. The van der Waals surface area contributed by atoms with Crippen molar-refractivity contribution in [1.82, 2.24) is 10.7 Å². The third-order valence-corrected chi connectivity index (χ3v) is 3.64. The zero-order valence-corrected chi connectivity index (χ0v) is 15.4. The van der Waals surface area contributed by atoms with Gasteiger partial charge in [0.1, 0.15) is 5.75 Å². The van der Waals surface area contributed by atoms with Gasteiger partial charge in [-0.1, -0.05) is 42.5 Å². The highest BCUT2D eigenvalue weighted by Crippen LogP contribution is 2.12. The predicted molar refractivity (Wildman–Crippen MR) is 106 cm³/mol. The molecule has 2 N–H and O–H groups in total. The van der Waals surface area contributed by atoms with Crippen molar-refractivity contribution in [2.75, 3.05) is 13.7 Å². The summed E-state index contributed by atoms with van der Waals surface area (Å²) in [5, 5.41) is 6.56. The molecule has 27 heavy (non-hydrogen) atoms. The largest absolute Gasteiger partial charge is 0.497 e. The van der Waals surface area contributed by atoms with E-state index in [1.54, 1.807) is 25.3 Å². The fraction of sp³-hybridized carbons (Fsp3) is 0.190. The highest BCUT2D eigenvalue weighted by molar-refractivity contribution is 5.94. The normalized spacial score (nSPS) is 11.3. The lowest BCUT2D eigenvalue weighted by atomic mass is 10.1. The van der Waals surface area contributed by atoms with Gasteiger partial charge in [0.25, 0.3) is 5.91 Å². The van der Waals surface area contributed by atoms with Gasteiger partial charge in [0.2, 0.25) is 5.91 Å². The van der Waals surface area contributed by atoms with E-state index in [9.17, 15) is 9.59 Å². The molecular weight excluding hydrogens is 342 g/mol. The summed E-state index contributed by atoms with van der Waals surface area (Å²) in [5.74, 6) is 0.0101. The van der Waals surface area contributed by atoms with Crippen LogP contribution in [0.2, 0.25) is 0 Å². The Hall–Kier alpha value is -3.41. The molecule has 0 aliphatic carbocycles. The van der Waals surface area contributed by atoms with Crippen LogP contribution in [-0.4, -0.2) is 31.2 Å². The SMILES string of the molecule is COc1ccc(/C=C/C(=O)NCC(=O)N/N=C(/C)Cc2ccccc2)cc1. The first kappa shape index (κ1) is 19.9. The molecule has 0 aliphatic rings. The highest BCUT2D eigenvalue weighted by Gasteiger charge is 2.03. The molecule has 140 valence electrons. The van der Waals surface area contributed by atoms with Crippen molar-refractivity contribution in [3.05, 3.63) is 71.8 Å². The van der Waals surface area contributed by atoms with E-state index in [-0.39, 0.29) is 18.4 Å². The van der Waals surface area contributed by atoms with Crippen LogP contribution in [0.25, 0.3) is 6.08 Å². The lowest BCUT2D eigenvalue weighted by Crippen LogP contribution is -2.34. The van der Waals surface area contributed by atoms with Crippen LogP contribution in [0.15, 0.2) is 65.8 Å². The van der Waals surface area contributed by atoms with Gasteiger partial charge in [-0.3, -0.25) is 9.59 Å².